The number of amides is 1. The minimum Gasteiger partial charge on any atom is -0.352 e. The summed E-state index contributed by atoms with van der Waals surface area (Å²) in [5.41, 5.74) is -1.78. The maximum atomic E-state index is 13.9. The van der Waals surface area contributed by atoms with Gasteiger partial charge in [-0.05, 0) is 43.0 Å². The molecule has 4 nitrogen and oxygen atoms in total. The number of rotatable bonds is 5. The largest absolute Gasteiger partial charge is 0.417 e. The topological polar surface area (TPSA) is 54.0 Å². The van der Waals surface area contributed by atoms with Crippen molar-refractivity contribution in [1.29, 1.82) is 0 Å². The van der Waals surface area contributed by atoms with E-state index in [2.05, 4.69) is 15.6 Å². The number of nitrogens with zero attached hydrogens (tertiary/aromatic N) is 1. The summed E-state index contributed by atoms with van der Waals surface area (Å²) in [6, 6.07) is 4.40. The Morgan fingerprint density at radius 1 is 1.21 bits per heavy atom. The Balaban J connectivity index is 1.82. The maximum Gasteiger partial charge on any atom is 0.417 e. The first-order valence-corrected chi connectivity index (χ1v) is 9.19. The molecule has 0 bridgehead atoms. The van der Waals surface area contributed by atoms with Crippen molar-refractivity contribution in [2.45, 2.75) is 31.9 Å². The summed E-state index contributed by atoms with van der Waals surface area (Å²) in [4.78, 5) is 16.1. The third kappa shape index (κ3) is 4.92. The number of halogens is 5. The van der Waals surface area contributed by atoms with Crippen LogP contribution in [-0.2, 0) is 6.18 Å². The lowest BCUT2D eigenvalue weighted by molar-refractivity contribution is -0.137. The first-order chi connectivity index (χ1) is 13.2. The van der Waals surface area contributed by atoms with E-state index in [4.69, 9.17) is 11.6 Å². The molecule has 1 aliphatic rings. The van der Waals surface area contributed by atoms with Crippen LogP contribution in [0.15, 0.2) is 30.5 Å². The lowest BCUT2D eigenvalue weighted by Gasteiger charge is -2.16. The summed E-state index contributed by atoms with van der Waals surface area (Å²) in [7, 11) is 0. The first kappa shape index (κ1) is 20.4. The fourth-order valence-corrected chi connectivity index (χ4v) is 3.37. The molecule has 1 heterocycles. The molecule has 3 rings (SSSR count). The van der Waals surface area contributed by atoms with Gasteiger partial charge in [0.1, 0.15) is 11.6 Å². The number of hydrogen-bond acceptors (Lipinski definition) is 3. The van der Waals surface area contributed by atoms with E-state index in [1.807, 2.05) is 0 Å². The molecule has 1 fully saturated rings. The molecule has 2 aromatic rings. The number of alkyl halides is 3. The molecule has 150 valence electrons. The van der Waals surface area contributed by atoms with Gasteiger partial charge in [0.25, 0.3) is 5.91 Å². The summed E-state index contributed by atoms with van der Waals surface area (Å²) in [5, 5.41) is 5.20. The lowest BCUT2D eigenvalue weighted by Crippen LogP contribution is -2.30. The van der Waals surface area contributed by atoms with Crippen molar-refractivity contribution >= 4 is 29.0 Å². The number of hydrogen-bond donors (Lipinski definition) is 2. The van der Waals surface area contributed by atoms with E-state index in [0.717, 1.165) is 37.9 Å². The number of pyridine rings is 1. The predicted octanol–water partition coefficient (Wildman–Crippen LogP) is 5.56. The Hall–Kier alpha value is -2.35. The van der Waals surface area contributed by atoms with Crippen LogP contribution in [0.25, 0.3) is 0 Å². The average Bonchev–Trinajstić information content (AvgIpc) is 3.15. The van der Waals surface area contributed by atoms with Gasteiger partial charge in [0, 0.05) is 17.8 Å². The molecule has 1 aromatic heterocycles. The van der Waals surface area contributed by atoms with E-state index in [0.29, 0.717) is 18.5 Å². The molecule has 0 saturated heterocycles. The zero-order valence-electron chi connectivity index (χ0n) is 14.7. The van der Waals surface area contributed by atoms with Gasteiger partial charge in [-0.15, -0.1) is 0 Å². The van der Waals surface area contributed by atoms with Gasteiger partial charge in [-0.2, -0.15) is 13.2 Å². The third-order valence-electron chi connectivity index (χ3n) is 4.67. The van der Waals surface area contributed by atoms with Crippen molar-refractivity contribution in [2.75, 3.05) is 11.9 Å². The van der Waals surface area contributed by atoms with Gasteiger partial charge in [0.05, 0.1) is 16.8 Å². The van der Waals surface area contributed by atoms with Crippen LogP contribution in [0.1, 0.15) is 41.6 Å². The highest BCUT2D eigenvalue weighted by molar-refractivity contribution is 6.30. The normalized spacial score (nSPS) is 14.9. The number of benzene rings is 1. The number of carbonyl (C=O) groups excluding carboxylic acids is 1. The van der Waals surface area contributed by atoms with Crippen molar-refractivity contribution < 1.29 is 22.4 Å². The summed E-state index contributed by atoms with van der Waals surface area (Å²) in [6.07, 6.45) is 0.135. The summed E-state index contributed by atoms with van der Waals surface area (Å²) in [5.74, 6) is -1.50. The standard InChI is InChI=1S/C19H18ClF4N3O/c20-12-5-6-16(15(21)7-12)27-17-8-14(19(22,23)24)13(10-25-17)18(28)26-9-11-3-1-2-4-11/h5-8,10-11H,1-4,9H2,(H,25,27)(H,26,28). The molecule has 28 heavy (non-hydrogen) atoms. The van der Waals surface area contributed by atoms with Crippen molar-refractivity contribution in [3.05, 3.63) is 52.4 Å². The first-order valence-electron chi connectivity index (χ1n) is 8.81. The minimum atomic E-state index is -4.77. The molecule has 1 saturated carbocycles. The van der Waals surface area contributed by atoms with Gasteiger partial charge in [0.2, 0.25) is 0 Å². The molecule has 0 unspecified atom stereocenters. The van der Waals surface area contributed by atoms with Crippen LogP contribution in [0, 0.1) is 11.7 Å². The summed E-state index contributed by atoms with van der Waals surface area (Å²) in [6.45, 7) is 0.339. The maximum absolute atomic E-state index is 13.9. The van der Waals surface area contributed by atoms with Crippen LogP contribution >= 0.6 is 11.6 Å². The molecule has 0 atom stereocenters. The number of aromatic nitrogens is 1. The molecule has 1 aliphatic carbocycles. The fourth-order valence-electron chi connectivity index (χ4n) is 3.21. The Bertz CT molecular complexity index is 867. The van der Waals surface area contributed by atoms with Crippen molar-refractivity contribution in [3.63, 3.8) is 0 Å². The van der Waals surface area contributed by atoms with Crippen molar-refractivity contribution in [3.8, 4) is 0 Å². The minimum absolute atomic E-state index is 0.0801. The molecule has 1 amide bonds. The van der Waals surface area contributed by atoms with Crippen LogP contribution in [0.2, 0.25) is 5.02 Å². The van der Waals surface area contributed by atoms with Gasteiger partial charge in [-0.1, -0.05) is 24.4 Å². The molecule has 0 radical (unpaired) electrons. The van der Waals surface area contributed by atoms with Gasteiger partial charge in [0.15, 0.2) is 0 Å². The van der Waals surface area contributed by atoms with E-state index >= 15 is 0 Å². The number of anilines is 2. The summed E-state index contributed by atoms with van der Waals surface area (Å²) >= 11 is 5.66. The number of carbonyl (C=O) groups is 1. The SMILES string of the molecule is O=C(NCC1CCCC1)c1cnc(Nc2ccc(Cl)cc2F)cc1C(F)(F)F. The van der Waals surface area contributed by atoms with Gasteiger partial charge < -0.3 is 10.6 Å². The zero-order valence-corrected chi connectivity index (χ0v) is 15.5. The molecule has 0 spiro atoms. The van der Waals surface area contributed by atoms with Gasteiger partial charge >= 0.3 is 6.18 Å². The van der Waals surface area contributed by atoms with Crippen LogP contribution in [0.3, 0.4) is 0 Å². The van der Waals surface area contributed by atoms with E-state index in [1.54, 1.807) is 0 Å². The molecule has 0 aliphatic heterocycles. The molecular formula is C19H18ClF4N3O. The lowest BCUT2D eigenvalue weighted by atomic mass is 10.1. The second-order valence-electron chi connectivity index (χ2n) is 6.72. The van der Waals surface area contributed by atoms with E-state index in [9.17, 15) is 22.4 Å². The van der Waals surface area contributed by atoms with Crippen molar-refractivity contribution in [1.82, 2.24) is 10.3 Å². The van der Waals surface area contributed by atoms with E-state index in [-0.39, 0.29) is 16.5 Å². The Morgan fingerprint density at radius 3 is 2.57 bits per heavy atom. The Labute approximate surface area is 164 Å². The van der Waals surface area contributed by atoms with E-state index < -0.39 is 29.0 Å². The molecule has 2 N–H and O–H groups in total. The monoisotopic (exact) mass is 415 g/mol. The zero-order chi connectivity index (χ0) is 20.3. The van der Waals surface area contributed by atoms with Gasteiger partial charge in [-0.3, -0.25) is 4.79 Å². The molecule has 1 aromatic carbocycles. The highest BCUT2D eigenvalue weighted by Crippen LogP contribution is 2.34. The highest BCUT2D eigenvalue weighted by atomic mass is 35.5. The predicted molar refractivity (Wildman–Crippen MR) is 98.2 cm³/mol. The van der Waals surface area contributed by atoms with Crippen molar-refractivity contribution in [2.24, 2.45) is 5.92 Å². The second-order valence-corrected chi connectivity index (χ2v) is 7.16. The van der Waals surface area contributed by atoms with Crippen LogP contribution in [-0.4, -0.2) is 17.4 Å². The Kier molecular flexibility index (Phi) is 6.07. The number of nitrogens with one attached hydrogen (secondary N) is 2. The quantitative estimate of drug-likeness (QED) is 0.629. The molecular weight excluding hydrogens is 398 g/mol. The van der Waals surface area contributed by atoms with Gasteiger partial charge in [-0.25, -0.2) is 9.37 Å². The average molecular weight is 416 g/mol. The fraction of sp³-hybridized carbons (Fsp3) is 0.368. The second kappa shape index (κ2) is 8.34. The highest BCUT2D eigenvalue weighted by Gasteiger charge is 2.36. The third-order valence-corrected chi connectivity index (χ3v) is 4.91. The Morgan fingerprint density at radius 2 is 1.93 bits per heavy atom. The summed E-state index contributed by atoms with van der Waals surface area (Å²) < 4.78 is 54.3. The van der Waals surface area contributed by atoms with Crippen LogP contribution < -0.4 is 10.6 Å². The van der Waals surface area contributed by atoms with Crippen LogP contribution in [0.5, 0.6) is 0 Å². The smallest absolute Gasteiger partial charge is 0.352 e. The van der Waals surface area contributed by atoms with E-state index in [1.165, 1.54) is 12.1 Å². The molecule has 9 heteroatoms. The van der Waals surface area contributed by atoms with Crippen LogP contribution in [0.4, 0.5) is 29.1 Å².